The van der Waals surface area contributed by atoms with Gasteiger partial charge in [0, 0.05) is 58.0 Å². The Morgan fingerprint density at radius 1 is 1.00 bits per heavy atom. The minimum Gasteiger partial charge on any atom is -0.473 e. The van der Waals surface area contributed by atoms with E-state index in [1.165, 1.54) is 11.1 Å². The molecule has 1 fully saturated rings. The Morgan fingerprint density at radius 2 is 1.62 bits per heavy atom. The zero-order valence-corrected chi connectivity index (χ0v) is 32.2. The molecule has 0 spiro atoms. The molecule has 2 aliphatic heterocycles. The molecule has 3 aromatic rings. The Labute approximate surface area is 309 Å². The fourth-order valence-electron chi connectivity index (χ4n) is 7.24. The van der Waals surface area contributed by atoms with Crippen LogP contribution in [0.3, 0.4) is 0 Å². The molecule has 10 nitrogen and oxygen atoms in total. The first-order valence-corrected chi connectivity index (χ1v) is 18.4. The fraction of sp³-hybridized carbons (Fsp3) is 0.500. The minimum atomic E-state index is -1.24. The Bertz CT molecular complexity index is 1650. The first kappa shape index (κ1) is 38.8. The summed E-state index contributed by atoms with van der Waals surface area (Å²) in [6, 6.07) is 24.0. The Balaban J connectivity index is 1.45. The maximum absolute atomic E-state index is 14.6. The number of amides is 3. The summed E-state index contributed by atoms with van der Waals surface area (Å²) < 4.78 is 17.6. The van der Waals surface area contributed by atoms with Gasteiger partial charge < -0.3 is 28.9 Å². The number of carbonyl (C=O) groups is 3. The minimum absolute atomic E-state index is 0.0796. The van der Waals surface area contributed by atoms with Gasteiger partial charge >= 0.3 is 6.09 Å². The van der Waals surface area contributed by atoms with E-state index in [0.717, 1.165) is 18.4 Å². The molecule has 5 rings (SSSR count). The summed E-state index contributed by atoms with van der Waals surface area (Å²) in [6.07, 6.45) is 1.17. The van der Waals surface area contributed by atoms with Gasteiger partial charge in [-0.15, -0.1) is 0 Å². The van der Waals surface area contributed by atoms with Gasteiger partial charge in [0.2, 0.25) is 5.60 Å². The molecule has 10 heteroatoms. The molecular weight excluding hydrogens is 656 g/mol. The van der Waals surface area contributed by atoms with Crippen molar-refractivity contribution in [3.05, 3.63) is 95.1 Å². The van der Waals surface area contributed by atoms with Crippen molar-refractivity contribution in [2.24, 2.45) is 0 Å². The number of anilines is 1. The van der Waals surface area contributed by atoms with Crippen LogP contribution in [-0.2, 0) is 27.4 Å². The molecule has 3 amide bonds. The summed E-state index contributed by atoms with van der Waals surface area (Å²) in [6.45, 7) is 16.7. The van der Waals surface area contributed by atoms with Crippen LogP contribution in [0.15, 0.2) is 72.8 Å². The van der Waals surface area contributed by atoms with Crippen molar-refractivity contribution in [2.45, 2.75) is 97.7 Å². The quantitative estimate of drug-likeness (QED) is 0.198. The van der Waals surface area contributed by atoms with Crippen LogP contribution in [0.2, 0.25) is 0 Å². The highest BCUT2D eigenvalue weighted by Crippen LogP contribution is 2.41. The maximum atomic E-state index is 14.6. The highest BCUT2D eigenvalue weighted by molar-refractivity contribution is 6.05. The monoisotopic (exact) mass is 712 g/mol. The molecule has 2 aliphatic rings. The number of methoxy groups -OCH3 is 1. The van der Waals surface area contributed by atoms with E-state index in [9.17, 15) is 14.4 Å². The number of carbonyl (C=O) groups excluding carboxylic acids is 3. The average molecular weight is 713 g/mol. The summed E-state index contributed by atoms with van der Waals surface area (Å²) in [5.41, 5.74) is 2.34. The zero-order chi connectivity index (χ0) is 37.6. The van der Waals surface area contributed by atoms with Gasteiger partial charge in [-0.05, 0) is 90.1 Å². The van der Waals surface area contributed by atoms with Gasteiger partial charge in [-0.2, -0.15) is 0 Å². The van der Waals surface area contributed by atoms with Gasteiger partial charge in [-0.3, -0.25) is 14.5 Å². The second-order valence-corrected chi connectivity index (χ2v) is 15.6. The van der Waals surface area contributed by atoms with Crippen LogP contribution in [0.4, 0.5) is 10.5 Å². The molecule has 0 saturated carbocycles. The Morgan fingerprint density at radius 3 is 2.17 bits per heavy atom. The third kappa shape index (κ3) is 9.33. The van der Waals surface area contributed by atoms with E-state index in [2.05, 4.69) is 29.2 Å². The van der Waals surface area contributed by atoms with Gasteiger partial charge in [0.05, 0.1) is 18.3 Å². The highest BCUT2D eigenvalue weighted by atomic mass is 16.6. The SMILES string of the molecule is COCC1(C)Oc2cc(C)c(C(=O)N(C(C)C)[C@@H]3CCCN(C(=O)OC(C)(C)C)C3)cc2N(CCN(Cc2ccccc2)Cc2ccccc2)C1=O. The van der Waals surface area contributed by atoms with E-state index < -0.39 is 11.2 Å². The number of piperidine rings is 1. The number of benzene rings is 3. The smallest absolute Gasteiger partial charge is 0.410 e. The van der Waals surface area contributed by atoms with Crippen molar-refractivity contribution in [1.29, 1.82) is 0 Å². The highest BCUT2D eigenvalue weighted by Gasteiger charge is 2.46. The van der Waals surface area contributed by atoms with Crippen LogP contribution in [0.25, 0.3) is 0 Å². The summed E-state index contributed by atoms with van der Waals surface area (Å²) in [7, 11) is 1.56. The van der Waals surface area contributed by atoms with Crippen LogP contribution in [-0.4, -0.2) is 95.8 Å². The predicted octanol–water partition coefficient (Wildman–Crippen LogP) is 7.08. The maximum Gasteiger partial charge on any atom is 0.410 e. The molecule has 2 heterocycles. The number of ether oxygens (including phenoxy) is 3. The predicted molar refractivity (Wildman–Crippen MR) is 204 cm³/mol. The second kappa shape index (κ2) is 16.5. The summed E-state index contributed by atoms with van der Waals surface area (Å²) in [4.78, 5) is 49.7. The van der Waals surface area contributed by atoms with Gasteiger partial charge in [0.25, 0.3) is 11.8 Å². The number of nitrogens with zero attached hydrogens (tertiary/aromatic N) is 4. The van der Waals surface area contributed by atoms with Crippen LogP contribution >= 0.6 is 0 Å². The fourth-order valence-corrected chi connectivity index (χ4v) is 7.24. The third-order valence-electron chi connectivity index (χ3n) is 9.65. The van der Waals surface area contributed by atoms with E-state index in [0.29, 0.717) is 56.3 Å². The van der Waals surface area contributed by atoms with Crippen LogP contribution in [0, 0.1) is 6.92 Å². The van der Waals surface area contributed by atoms with Crippen molar-refractivity contribution in [1.82, 2.24) is 14.7 Å². The molecular formula is C42H56N4O6. The molecule has 0 N–H and O–H groups in total. The van der Waals surface area contributed by atoms with E-state index in [1.54, 1.807) is 23.8 Å². The number of aryl methyl sites for hydroxylation is 1. The first-order chi connectivity index (χ1) is 24.7. The number of fused-ring (bicyclic) bond motifs is 1. The zero-order valence-electron chi connectivity index (χ0n) is 32.2. The molecule has 0 radical (unpaired) electrons. The van der Waals surface area contributed by atoms with Gasteiger partial charge in [-0.1, -0.05) is 60.7 Å². The van der Waals surface area contributed by atoms with Crippen molar-refractivity contribution >= 4 is 23.6 Å². The molecule has 0 bridgehead atoms. The van der Waals surface area contributed by atoms with E-state index in [1.807, 2.05) is 95.0 Å². The third-order valence-corrected chi connectivity index (χ3v) is 9.65. The molecule has 3 aromatic carbocycles. The van der Waals surface area contributed by atoms with Gasteiger partial charge in [-0.25, -0.2) is 4.79 Å². The molecule has 0 aromatic heterocycles. The Hall–Kier alpha value is -4.41. The van der Waals surface area contributed by atoms with E-state index in [-0.39, 0.29) is 36.6 Å². The average Bonchev–Trinajstić information content (AvgIpc) is 3.08. The molecule has 280 valence electrons. The first-order valence-electron chi connectivity index (χ1n) is 18.4. The van der Waals surface area contributed by atoms with Crippen LogP contribution < -0.4 is 9.64 Å². The summed E-state index contributed by atoms with van der Waals surface area (Å²) in [5.74, 6) is 0.180. The van der Waals surface area contributed by atoms with Crippen LogP contribution in [0.5, 0.6) is 5.75 Å². The lowest BCUT2D eigenvalue weighted by Crippen LogP contribution is -2.58. The van der Waals surface area contributed by atoms with E-state index in [4.69, 9.17) is 14.2 Å². The molecule has 2 atom stereocenters. The van der Waals surface area contributed by atoms with Crippen molar-refractivity contribution in [3.8, 4) is 5.75 Å². The molecule has 1 saturated heterocycles. The lowest BCUT2D eigenvalue weighted by Gasteiger charge is -2.43. The van der Waals surface area contributed by atoms with E-state index >= 15 is 0 Å². The number of hydrogen-bond donors (Lipinski definition) is 0. The van der Waals surface area contributed by atoms with Crippen molar-refractivity contribution in [2.75, 3.05) is 44.8 Å². The summed E-state index contributed by atoms with van der Waals surface area (Å²) in [5, 5.41) is 0. The molecule has 1 unspecified atom stereocenters. The normalized spacial score (nSPS) is 19.0. The van der Waals surface area contributed by atoms with Crippen molar-refractivity contribution < 1.29 is 28.6 Å². The topological polar surface area (TPSA) is 91.9 Å². The molecule has 52 heavy (non-hydrogen) atoms. The van der Waals surface area contributed by atoms with Gasteiger partial charge in [0.15, 0.2) is 0 Å². The second-order valence-electron chi connectivity index (χ2n) is 15.6. The number of hydrogen-bond acceptors (Lipinski definition) is 7. The lowest BCUT2D eigenvalue weighted by molar-refractivity contribution is -0.138. The standard InChI is InChI=1S/C42H56N4O6/c1-30(2)46(34-20-15-21-44(28-34)40(49)52-41(4,5)6)38(47)35-25-36-37(24-31(35)3)51-42(7,29-50-8)39(48)45(36)23-22-43(26-32-16-11-9-12-17-32)27-33-18-13-10-14-19-33/h9-14,16-19,24-25,30,34H,15,20-23,26-29H2,1-8H3/t34-,42?/m1/s1. The Kier molecular flexibility index (Phi) is 12.3. The molecule has 0 aliphatic carbocycles. The number of rotatable bonds is 12. The van der Waals surface area contributed by atoms with Crippen molar-refractivity contribution in [3.63, 3.8) is 0 Å². The lowest BCUT2D eigenvalue weighted by atomic mass is 9.97. The van der Waals surface area contributed by atoms with Gasteiger partial charge in [0.1, 0.15) is 11.4 Å². The largest absolute Gasteiger partial charge is 0.473 e. The van der Waals surface area contributed by atoms with Crippen LogP contribution in [0.1, 0.15) is 81.4 Å². The number of likely N-dealkylation sites (tertiary alicyclic amines) is 1. The summed E-state index contributed by atoms with van der Waals surface area (Å²) >= 11 is 0.